The summed E-state index contributed by atoms with van der Waals surface area (Å²) in [5.41, 5.74) is 3.77. The van der Waals surface area contributed by atoms with Crippen LogP contribution in [0.1, 0.15) is 23.6 Å². The van der Waals surface area contributed by atoms with Crippen molar-refractivity contribution in [1.82, 2.24) is 0 Å². The van der Waals surface area contributed by atoms with Crippen LogP contribution < -0.4 is 0 Å². The Labute approximate surface area is 100 Å². The molecule has 16 heavy (non-hydrogen) atoms. The van der Waals surface area contributed by atoms with Crippen LogP contribution in [0.4, 0.5) is 0 Å². The molecule has 0 saturated heterocycles. The van der Waals surface area contributed by atoms with Gasteiger partial charge in [-0.15, -0.1) is 0 Å². The van der Waals surface area contributed by atoms with Crippen molar-refractivity contribution in [2.75, 3.05) is 0 Å². The minimum absolute atomic E-state index is 1.02. The Morgan fingerprint density at radius 3 is 1.94 bits per heavy atom. The van der Waals surface area contributed by atoms with E-state index in [0.29, 0.717) is 0 Å². The molecule has 0 atom stereocenters. The van der Waals surface area contributed by atoms with Crippen molar-refractivity contribution in [2.45, 2.75) is 40.4 Å². The van der Waals surface area contributed by atoms with Gasteiger partial charge in [0.15, 0.2) is 0 Å². The summed E-state index contributed by atoms with van der Waals surface area (Å²) in [6, 6.07) is 6.55. The van der Waals surface area contributed by atoms with Gasteiger partial charge in [-0.2, -0.15) is 0 Å². The van der Waals surface area contributed by atoms with E-state index in [-0.39, 0.29) is 0 Å². The van der Waals surface area contributed by atoms with Crippen LogP contribution in [0.15, 0.2) is 24.3 Å². The highest BCUT2D eigenvalue weighted by Crippen LogP contribution is 2.23. The molecule has 1 aromatic carbocycles. The maximum absolute atomic E-state index is 6.08. The molecule has 0 unspecified atom stereocenters. The van der Waals surface area contributed by atoms with Crippen LogP contribution in [0.5, 0.6) is 0 Å². The van der Waals surface area contributed by atoms with Crippen molar-refractivity contribution in [3.63, 3.8) is 0 Å². The highest BCUT2D eigenvalue weighted by atomic mass is 28.4. The first-order valence-electron chi connectivity index (χ1n) is 5.76. The van der Waals surface area contributed by atoms with Crippen molar-refractivity contribution in [3.8, 4) is 0 Å². The number of aryl methyl sites for hydroxylation is 2. The fourth-order valence-corrected chi connectivity index (χ4v) is 2.63. The van der Waals surface area contributed by atoms with Gasteiger partial charge in [0.25, 0.3) is 0 Å². The number of rotatable bonds is 3. The number of allylic oxidation sites excluding steroid dienone is 1. The SMILES string of the molecule is C/C=C(\O[Si](C)(C)C)c1cc(C)cc(C)c1. The summed E-state index contributed by atoms with van der Waals surface area (Å²) < 4.78 is 6.08. The molecule has 0 fully saturated rings. The molecule has 0 aliphatic rings. The van der Waals surface area contributed by atoms with Gasteiger partial charge in [0.1, 0.15) is 5.76 Å². The Balaban J connectivity index is 3.06. The minimum atomic E-state index is -1.53. The lowest BCUT2D eigenvalue weighted by Gasteiger charge is -2.22. The van der Waals surface area contributed by atoms with E-state index in [1.807, 2.05) is 6.92 Å². The molecule has 1 aromatic rings. The van der Waals surface area contributed by atoms with E-state index in [2.05, 4.69) is 57.8 Å². The van der Waals surface area contributed by atoms with Crippen LogP contribution in [-0.4, -0.2) is 8.32 Å². The molecule has 0 aliphatic heterocycles. The van der Waals surface area contributed by atoms with Crippen LogP contribution >= 0.6 is 0 Å². The summed E-state index contributed by atoms with van der Waals surface area (Å²) >= 11 is 0. The Kier molecular flexibility index (Phi) is 3.97. The summed E-state index contributed by atoms with van der Waals surface area (Å²) in [6.07, 6.45) is 2.06. The number of hydrogen-bond acceptors (Lipinski definition) is 1. The largest absolute Gasteiger partial charge is 0.544 e. The Hall–Kier alpha value is -1.02. The lowest BCUT2D eigenvalue weighted by Crippen LogP contribution is -2.24. The molecular weight excluding hydrogens is 212 g/mol. The molecule has 2 heteroatoms. The van der Waals surface area contributed by atoms with E-state index in [0.717, 1.165) is 5.76 Å². The fourth-order valence-electron chi connectivity index (χ4n) is 1.73. The summed E-state index contributed by atoms with van der Waals surface area (Å²) in [4.78, 5) is 0. The average molecular weight is 234 g/mol. The van der Waals surface area contributed by atoms with E-state index < -0.39 is 8.32 Å². The normalized spacial score (nSPS) is 12.8. The third-order valence-electron chi connectivity index (χ3n) is 2.18. The standard InChI is InChI=1S/C14H22OSi/c1-7-14(15-16(4,5)6)13-9-11(2)8-12(3)10-13/h7-10H,1-6H3/b14-7-. The van der Waals surface area contributed by atoms with Crippen LogP contribution in [0.2, 0.25) is 19.6 Å². The quantitative estimate of drug-likeness (QED) is 0.552. The zero-order chi connectivity index (χ0) is 12.3. The second-order valence-electron chi connectivity index (χ2n) is 5.24. The first kappa shape index (κ1) is 13.0. The molecule has 0 spiro atoms. The molecular formula is C14H22OSi. The number of hydrogen-bond donors (Lipinski definition) is 0. The van der Waals surface area contributed by atoms with Crippen LogP contribution in [0.25, 0.3) is 5.76 Å². The van der Waals surface area contributed by atoms with Crippen LogP contribution in [0.3, 0.4) is 0 Å². The number of benzene rings is 1. The van der Waals surface area contributed by atoms with Gasteiger partial charge in [0, 0.05) is 5.56 Å². The minimum Gasteiger partial charge on any atom is -0.544 e. The molecule has 1 rings (SSSR count). The summed E-state index contributed by atoms with van der Waals surface area (Å²) in [5.74, 6) is 1.02. The second-order valence-corrected chi connectivity index (χ2v) is 9.67. The van der Waals surface area contributed by atoms with Crippen molar-refractivity contribution < 1.29 is 4.43 Å². The van der Waals surface area contributed by atoms with E-state index >= 15 is 0 Å². The molecule has 0 heterocycles. The van der Waals surface area contributed by atoms with Crippen LogP contribution in [0, 0.1) is 13.8 Å². The lowest BCUT2D eigenvalue weighted by atomic mass is 10.1. The fraction of sp³-hybridized carbons (Fsp3) is 0.429. The maximum atomic E-state index is 6.08. The monoisotopic (exact) mass is 234 g/mol. The highest BCUT2D eigenvalue weighted by molar-refractivity contribution is 6.70. The van der Waals surface area contributed by atoms with Gasteiger partial charge in [-0.1, -0.05) is 17.2 Å². The Morgan fingerprint density at radius 2 is 1.56 bits per heavy atom. The first-order chi connectivity index (χ1) is 7.31. The third-order valence-corrected chi connectivity index (χ3v) is 3.02. The van der Waals surface area contributed by atoms with Gasteiger partial charge in [0.05, 0.1) is 0 Å². The van der Waals surface area contributed by atoms with Crippen molar-refractivity contribution in [3.05, 3.63) is 41.0 Å². The molecule has 0 N–H and O–H groups in total. The van der Waals surface area contributed by atoms with E-state index in [4.69, 9.17) is 4.43 Å². The van der Waals surface area contributed by atoms with E-state index in [1.165, 1.54) is 16.7 Å². The first-order valence-corrected chi connectivity index (χ1v) is 9.16. The van der Waals surface area contributed by atoms with Gasteiger partial charge in [-0.3, -0.25) is 0 Å². The van der Waals surface area contributed by atoms with E-state index in [9.17, 15) is 0 Å². The third kappa shape index (κ3) is 3.85. The Bertz CT molecular complexity index is 379. The molecule has 0 amide bonds. The molecule has 0 aliphatic carbocycles. The van der Waals surface area contributed by atoms with Gasteiger partial charge in [-0.05, 0) is 58.6 Å². The Morgan fingerprint density at radius 1 is 1.06 bits per heavy atom. The summed E-state index contributed by atoms with van der Waals surface area (Å²) in [6.45, 7) is 12.9. The van der Waals surface area contributed by atoms with Crippen LogP contribution in [-0.2, 0) is 4.43 Å². The average Bonchev–Trinajstić information content (AvgIpc) is 2.11. The van der Waals surface area contributed by atoms with Crippen molar-refractivity contribution >= 4 is 14.1 Å². The molecule has 0 radical (unpaired) electrons. The molecule has 0 bridgehead atoms. The van der Waals surface area contributed by atoms with Crippen molar-refractivity contribution in [1.29, 1.82) is 0 Å². The molecule has 88 valence electrons. The highest BCUT2D eigenvalue weighted by Gasteiger charge is 2.18. The van der Waals surface area contributed by atoms with Gasteiger partial charge < -0.3 is 4.43 Å². The molecule has 0 saturated carbocycles. The molecule has 1 nitrogen and oxygen atoms in total. The topological polar surface area (TPSA) is 9.23 Å². The second kappa shape index (κ2) is 4.87. The summed E-state index contributed by atoms with van der Waals surface area (Å²) in [5, 5.41) is 0. The lowest BCUT2D eigenvalue weighted by molar-refractivity contribution is 0.513. The zero-order valence-corrected chi connectivity index (χ0v) is 12.2. The zero-order valence-electron chi connectivity index (χ0n) is 11.2. The maximum Gasteiger partial charge on any atom is 0.242 e. The molecule has 0 aromatic heterocycles. The summed E-state index contributed by atoms with van der Waals surface area (Å²) in [7, 11) is -1.53. The van der Waals surface area contributed by atoms with Crippen molar-refractivity contribution in [2.24, 2.45) is 0 Å². The van der Waals surface area contributed by atoms with Gasteiger partial charge in [-0.25, -0.2) is 0 Å². The van der Waals surface area contributed by atoms with Gasteiger partial charge >= 0.3 is 0 Å². The predicted molar refractivity (Wildman–Crippen MR) is 74.0 cm³/mol. The van der Waals surface area contributed by atoms with E-state index in [1.54, 1.807) is 0 Å². The smallest absolute Gasteiger partial charge is 0.242 e. The van der Waals surface area contributed by atoms with Gasteiger partial charge in [0.2, 0.25) is 8.32 Å². The predicted octanol–water partition coefficient (Wildman–Crippen LogP) is 4.52.